The van der Waals surface area contributed by atoms with E-state index in [4.69, 9.17) is 4.74 Å². The van der Waals surface area contributed by atoms with E-state index in [1.54, 1.807) is 30.3 Å². The zero-order valence-corrected chi connectivity index (χ0v) is 18.1. The van der Waals surface area contributed by atoms with E-state index < -0.39 is 24.4 Å². The first-order valence-electron chi connectivity index (χ1n) is 8.34. The number of hydrogen-bond donors (Lipinski definition) is 2. The largest absolute Gasteiger partial charge is 0.452 e. The molecule has 1 aromatic carbocycles. The van der Waals surface area contributed by atoms with E-state index in [1.165, 1.54) is 22.7 Å². The molecule has 3 rings (SSSR count). The summed E-state index contributed by atoms with van der Waals surface area (Å²) < 4.78 is 5.96. The number of thiophene rings is 2. The molecule has 3 aromatic rings. The molecule has 148 valence electrons. The van der Waals surface area contributed by atoms with Crippen molar-refractivity contribution in [3.8, 4) is 0 Å². The zero-order valence-electron chi connectivity index (χ0n) is 14.9. The van der Waals surface area contributed by atoms with Gasteiger partial charge < -0.3 is 4.74 Å². The Morgan fingerprint density at radius 1 is 0.966 bits per heavy atom. The highest BCUT2D eigenvalue weighted by atomic mass is 79.9. The first-order chi connectivity index (χ1) is 14.0. The lowest BCUT2D eigenvalue weighted by molar-refractivity contribution is -0.143. The molecule has 2 N–H and O–H groups in total. The molecular formula is C20H15BrN2O4S2. The first kappa shape index (κ1) is 21.0. The Kier molecular flexibility index (Phi) is 7.34. The maximum atomic E-state index is 12.5. The molecule has 0 bridgehead atoms. The van der Waals surface area contributed by atoms with Gasteiger partial charge >= 0.3 is 5.97 Å². The van der Waals surface area contributed by atoms with Gasteiger partial charge in [-0.25, -0.2) is 4.79 Å². The van der Waals surface area contributed by atoms with Crippen molar-refractivity contribution in [3.63, 3.8) is 0 Å². The summed E-state index contributed by atoms with van der Waals surface area (Å²) in [5.41, 5.74) is 5.26. The summed E-state index contributed by atoms with van der Waals surface area (Å²) in [5.74, 6) is -1.74. The number of halogens is 1. The highest BCUT2D eigenvalue weighted by Gasteiger charge is 2.17. The van der Waals surface area contributed by atoms with Gasteiger partial charge in [-0.2, -0.15) is 0 Å². The van der Waals surface area contributed by atoms with Gasteiger partial charge in [0.1, 0.15) is 0 Å². The molecule has 2 aromatic heterocycles. The van der Waals surface area contributed by atoms with Gasteiger partial charge in [0.25, 0.3) is 11.8 Å². The molecule has 29 heavy (non-hydrogen) atoms. The van der Waals surface area contributed by atoms with Crippen molar-refractivity contribution in [2.24, 2.45) is 0 Å². The van der Waals surface area contributed by atoms with Crippen LogP contribution in [0.25, 0.3) is 11.6 Å². The number of ether oxygens (including phenoxy) is 1. The van der Waals surface area contributed by atoms with Gasteiger partial charge in [-0.15, -0.1) is 22.7 Å². The normalized spacial score (nSPS) is 11.0. The Balaban J connectivity index is 1.55. The number of nitrogens with one attached hydrogen (secondary N) is 2. The van der Waals surface area contributed by atoms with Crippen LogP contribution in [0.2, 0.25) is 0 Å². The maximum absolute atomic E-state index is 12.5. The number of carbonyl (C=O) groups excluding carboxylic acids is 3. The Morgan fingerprint density at radius 3 is 2.34 bits per heavy atom. The van der Waals surface area contributed by atoms with E-state index in [2.05, 4.69) is 26.8 Å². The van der Waals surface area contributed by atoms with Gasteiger partial charge in [0, 0.05) is 19.8 Å². The summed E-state index contributed by atoms with van der Waals surface area (Å²) in [6, 6.07) is 14.0. The van der Waals surface area contributed by atoms with Crippen LogP contribution in [-0.4, -0.2) is 24.4 Å². The fourth-order valence-electron chi connectivity index (χ4n) is 2.22. The highest BCUT2D eigenvalue weighted by Crippen LogP contribution is 2.25. The Morgan fingerprint density at radius 2 is 1.69 bits per heavy atom. The van der Waals surface area contributed by atoms with Gasteiger partial charge in [0.15, 0.2) is 6.61 Å². The number of hydrazine groups is 1. The minimum Gasteiger partial charge on any atom is -0.452 e. The van der Waals surface area contributed by atoms with Crippen LogP contribution in [-0.2, 0) is 14.3 Å². The third-order valence-electron chi connectivity index (χ3n) is 3.59. The number of benzene rings is 1. The molecular weight excluding hydrogens is 476 g/mol. The monoisotopic (exact) mass is 490 g/mol. The van der Waals surface area contributed by atoms with Gasteiger partial charge in [-0.1, -0.05) is 28.1 Å². The van der Waals surface area contributed by atoms with Crippen LogP contribution in [0.3, 0.4) is 0 Å². The predicted molar refractivity (Wildman–Crippen MR) is 117 cm³/mol. The molecule has 0 fully saturated rings. The van der Waals surface area contributed by atoms with E-state index in [-0.39, 0.29) is 0 Å². The van der Waals surface area contributed by atoms with Crippen molar-refractivity contribution in [1.82, 2.24) is 10.9 Å². The molecule has 0 saturated heterocycles. The van der Waals surface area contributed by atoms with Crippen LogP contribution >= 0.6 is 38.6 Å². The molecule has 6 nitrogen and oxygen atoms in total. The Hall–Kier alpha value is -2.75. The molecule has 2 amide bonds. The van der Waals surface area contributed by atoms with Crippen molar-refractivity contribution in [2.75, 3.05) is 6.61 Å². The second-order valence-corrected chi connectivity index (χ2v) is 8.48. The van der Waals surface area contributed by atoms with Crippen molar-refractivity contribution < 1.29 is 19.1 Å². The van der Waals surface area contributed by atoms with Crippen molar-refractivity contribution in [2.45, 2.75) is 0 Å². The molecule has 2 heterocycles. The van der Waals surface area contributed by atoms with Crippen LogP contribution < -0.4 is 10.9 Å². The smallest absolute Gasteiger partial charge is 0.340 e. The van der Waals surface area contributed by atoms with Crippen LogP contribution in [0.1, 0.15) is 20.1 Å². The van der Waals surface area contributed by atoms with Crippen LogP contribution in [0, 0.1) is 0 Å². The number of amides is 2. The highest BCUT2D eigenvalue weighted by molar-refractivity contribution is 9.10. The average Bonchev–Trinajstić information content (AvgIpc) is 3.43. The summed E-state index contributed by atoms with van der Waals surface area (Å²) in [6.07, 6.45) is 1.73. The quantitative estimate of drug-likeness (QED) is 0.309. The summed E-state index contributed by atoms with van der Waals surface area (Å²) in [6.45, 7) is -0.521. The second-order valence-electron chi connectivity index (χ2n) is 5.64. The van der Waals surface area contributed by atoms with E-state index in [9.17, 15) is 14.4 Å². The number of esters is 1. The van der Waals surface area contributed by atoms with Crippen LogP contribution in [0.5, 0.6) is 0 Å². The lowest BCUT2D eigenvalue weighted by Crippen LogP contribution is -2.43. The fraction of sp³-hybridized carbons (Fsp3) is 0.0500. The summed E-state index contributed by atoms with van der Waals surface area (Å²) in [7, 11) is 0. The summed E-state index contributed by atoms with van der Waals surface area (Å²) >= 11 is 6.18. The molecule has 0 aliphatic carbocycles. The van der Waals surface area contributed by atoms with Crippen molar-refractivity contribution >= 4 is 68.0 Å². The summed E-state index contributed by atoms with van der Waals surface area (Å²) in [4.78, 5) is 38.1. The van der Waals surface area contributed by atoms with E-state index in [0.29, 0.717) is 11.1 Å². The van der Waals surface area contributed by atoms with Gasteiger partial charge in [0.2, 0.25) is 0 Å². The number of carbonyl (C=O) groups is 3. The molecule has 0 aliphatic heterocycles. The third-order valence-corrected chi connectivity index (χ3v) is 5.84. The lowest BCUT2D eigenvalue weighted by Gasteiger charge is -2.09. The zero-order chi connectivity index (χ0) is 20.6. The van der Waals surface area contributed by atoms with Crippen molar-refractivity contribution in [3.05, 3.63) is 79.1 Å². The second kappa shape index (κ2) is 10.1. The van der Waals surface area contributed by atoms with E-state index in [0.717, 1.165) is 14.2 Å². The fourth-order valence-corrected chi connectivity index (χ4v) is 3.87. The summed E-state index contributed by atoms with van der Waals surface area (Å²) in [5, 5.41) is 3.76. The van der Waals surface area contributed by atoms with Crippen molar-refractivity contribution in [1.29, 1.82) is 0 Å². The van der Waals surface area contributed by atoms with E-state index in [1.807, 2.05) is 35.0 Å². The topological polar surface area (TPSA) is 84.5 Å². The van der Waals surface area contributed by atoms with Gasteiger partial charge in [-0.05, 0) is 53.2 Å². The molecule has 9 heteroatoms. The predicted octanol–water partition coefficient (Wildman–Crippen LogP) is 4.12. The molecule has 0 atom stereocenters. The molecule has 0 aliphatic rings. The third kappa shape index (κ3) is 6.11. The molecule has 0 unspecified atom stereocenters. The minimum absolute atomic E-state index is 0.370. The first-order valence-corrected chi connectivity index (χ1v) is 10.9. The van der Waals surface area contributed by atoms with Crippen LogP contribution in [0.15, 0.2) is 63.8 Å². The van der Waals surface area contributed by atoms with Gasteiger partial charge in [-0.3, -0.25) is 20.4 Å². The SMILES string of the molecule is O=C(COC(=O)C(=Cc1cccs1)c1cccs1)NNC(=O)c1ccc(Br)cc1. The standard InChI is InChI=1S/C20H15BrN2O4S2/c21-14-7-5-13(6-8-14)19(25)23-22-18(24)12-27-20(26)16(17-4-2-10-29-17)11-15-3-1-9-28-15/h1-11H,12H2,(H,22,24)(H,23,25). The van der Waals surface area contributed by atoms with E-state index >= 15 is 0 Å². The van der Waals surface area contributed by atoms with Crippen LogP contribution in [0.4, 0.5) is 0 Å². The number of rotatable bonds is 6. The minimum atomic E-state index is -0.648. The molecule has 0 radical (unpaired) electrons. The number of hydrogen-bond acceptors (Lipinski definition) is 6. The Labute approximate surface area is 183 Å². The molecule has 0 saturated carbocycles. The Bertz CT molecular complexity index is 1010. The lowest BCUT2D eigenvalue weighted by atomic mass is 10.2. The van der Waals surface area contributed by atoms with Gasteiger partial charge in [0.05, 0.1) is 5.57 Å². The molecule has 0 spiro atoms. The maximum Gasteiger partial charge on any atom is 0.340 e. The average molecular weight is 491 g/mol.